The zero-order chi connectivity index (χ0) is 19.4. The smallest absolute Gasteiger partial charge is 0.239 e. The lowest BCUT2D eigenvalue weighted by molar-refractivity contribution is 0.250. The fraction of sp³-hybridized carbons (Fsp3) is 0.190. The molecule has 6 heteroatoms. The van der Waals surface area contributed by atoms with Gasteiger partial charge in [0.05, 0.1) is 12.3 Å². The Bertz CT molecular complexity index is 982. The van der Waals surface area contributed by atoms with Crippen molar-refractivity contribution >= 4 is 11.6 Å². The Hall–Kier alpha value is -2.76. The number of hydrogen-bond donors (Lipinski definition) is 2. The van der Waals surface area contributed by atoms with Gasteiger partial charge >= 0.3 is 0 Å². The van der Waals surface area contributed by atoms with E-state index < -0.39 is 0 Å². The highest BCUT2D eigenvalue weighted by Gasteiger charge is 2.21. The molecular weight excluding hydrogens is 366 g/mol. The molecule has 2 aromatic carbocycles. The highest BCUT2D eigenvalue weighted by molar-refractivity contribution is 6.30. The van der Waals surface area contributed by atoms with Crippen LogP contribution in [0.1, 0.15) is 11.1 Å². The van der Waals surface area contributed by atoms with Gasteiger partial charge in [0.2, 0.25) is 17.1 Å². The van der Waals surface area contributed by atoms with E-state index in [0.717, 1.165) is 5.56 Å². The van der Waals surface area contributed by atoms with Crippen molar-refractivity contribution in [3.63, 3.8) is 0 Å². The molecule has 0 amide bonds. The van der Waals surface area contributed by atoms with Crippen LogP contribution in [0.15, 0.2) is 59.4 Å². The summed E-state index contributed by atoms with van der Waals surface area (Å²) in [7, 11) is 0. The molecule has 2 N–H and O–H groups in total. The molecule has 0 fully saturated rings. The number of aliphatic hydroxyl groups is 1. The Kier molecular flexibility index (Phi) is 5.84. The number of ether oxygens (including phenoxy) is 1. The summed E-state index contributed by atoms with van der Waals surface area (Å²) >= 11 is 5.95. The second kappa shape index (κ2) is 8.29. The number of hydrogen-bond acceptors (Lipinski definition) is 4. The van der Waals surface area contributed by atoms with E-state index in [1.165, 1.54) is 4.57 Å². The number of pyridine rings is 1. The molecule has 0 aliphatic rings. The molecular formula is C21H20ClNO4. The van der Waals surface area contributed by atoms with Crippen molar-refractivity contribution in [2.24, 2.45) is 0 Å². The molecule has 1 aromatic heterocycles. The van der Waals surface area contributed by atoms with Crippen LogP contribution in [-0.2, 0) is 13.2 Å². The molecule has 5 nitrogen and oxygen atoms in total. The van der Waals surface area contributed by atoms with Crippen LogP contribution < -0.4 is 10.2 Å². The Morgan fingerprint density at radius 3 is 2.37 bits per heavy atom. The number of aliphatic hydroxyl groups excluding tert-OH is 1. The molecule has 3 rings (SSSR count). The van der Waals surface area contributed by atoms with Gasteiger partial charge < -0.3 is 19.5 Å². The summed E-state index contributed by atoms with van der Waals surface area (Å²) in [6, 6.07) is 16.3. The number of nitrogens with zero attached hydrogens (tertiary/aromatic N) is 1. The van der Waals surface area contributed by atoms with Gasteiger partial charge in [-0.3, -0.25) is 4.79 Å². The van der Waals surface area contributed by atoms with Gasteiger partial charge in [-0.1, -0.05) is 54.1 Å². The van der Waals surface area contributed by atoms with Gasteiger partial charge in [-0.25, -0.2) is 0 Å². The van der Waals surface area contributed by atoms with Gasteiger partial charge in [-0.05, 0) is 30.2 Å². The van der Waals surface area contributed by atoms with Crippen LogP contribution in [0.2, 0.25) is 5.02 Å². The highest BCUT2D eigenvalue weighted by Crippen LogP contribution is 2.32. The zero-order valence-electron chi connectivity index (χ0n) is 14.9. The van der Waals surface area contributed by atoms with Crippen molar-refractivity contribution in [1.82, 2.24) is 4.57 Å². The molecule has 0 saturated carbocycles. The van der Waals surface area contributed by atoms with Gasteiger partial charge in [-0.2, -0.15) is 0 Å². The van der Waals surface area contributed by atoms with Gasteiger partial charge in [0.1, 0.15) is 6.61 Å². The van der Waals surface area contributed by atoms with E-state index in [2.05, 4.69) is 0 Å². The molecule has 0 bridgehead atoms. The number of aromatic nitrogens is 1. The average molecular weight is 386 g/mol. The maximum atomic E-state index is 12.8. The summed E-state index contributed by atoms with van der Waals surface area (Å²) in [4.78, 5) is 12.8. The van der Waals surface area contributed by atoms with Crippen LogP contribution in [0.5, 0.6) is 11.6 Å². The van der Waals surface area contributed by atoms with Gasteiger partial charge in [0.25, 0.3) is 0 Å². The molecule has 0 aliphatic heterocycles. The maximum absolute atomic E-state index is 12.8. The largest absolute Gasteiger partial charge is 0.492 e. The minimum atomic E-state index is -0.387. The van der Waals surface area contributed by atoms with Crippen molar-refractivity contribution in [1.29, 1.82) is 0 Å². The normalized spacial score (nSPS) is 10.8. The first-order valence-electron chi connectivity index (χ1n) is 8.52. The number of rotatable bonds is 6. The molecule has 0 saturated heterocycles. The van der Waals surface area contributed by atoms with E-state index >= 15 is 0 Å². The van der Waals surface area contributed by atoms with Crippen LogP contribution >= 0.6 is 11.6 Å². The maximum Gasteiger partial charge on any atom is 0.239 e. The third kappa shape index (κ3) is 3.99. The first kappa shape index (κ1) is 19.0. The van der Waals surface area contributed by atoms with Crippen LogP contribution in [0, 0.1) is 6.92 Å². The van der Waals surface area contributed by atoms with Crippen LogP contribution in [0.4, 0.5) is 0 Å². The van der Waals surface area contributed by atoms with E-state index in [1.807, 2.05) is 30.3 Å². The van der Waals surface area contributed by atoms with E-state index in [0.29, 0.717) is 21.8 Å². The Labute approximate surface area is 162 Å². The summed E-state index contributed by atoms with van der Waals surface area (Å²) in [5.74, 6) is -0.428. The first-order valence-corrected chi connectivity index (χ1v) is 8.90. The van der Waals surface area contributed by atoms with Crippen molar-refractivity contribution in [3.8, 4) is 22.9 Å². The van der Waals surface area contributed by atoms with Crippen LogP contribution in [0.3, 0.4) is 0 Å². The van der Waals surface area contributed by atoms with Gasteiger partial charge in [0, 0.05) is 17.1 Å². The molecule has 0 unspecified atom stereocenters. The number of halogens is 1. The lowest BCUT2D eigenvalue weighted by atomic mass is 10.0. The Morgan fingerprint density at radius 2 is 1.74 bits per heavy atom. The van der Waals surface area contributed by atoms with Crippen molar-refractivity contribution in [3.05, 3.63) is 81.0 Å². The summed E-state index contributed by atoms with van der Waals surface area (Å²) in [5.41, 5.74) is 2.15. The van der Waals surface area contributed by atoms with Crippen LogP contribution in [-0.4, -0.2) is 21.4 Å². The second-order valence-corrected chi connectivity index (χ2v) is 6.55. The van der Waals surface area contributed by atoms with Crippen molar-refractivity contribution in [2.75, 3.05) is 6.61 Å². The molecule has 1 heterocycles. The highest BCUT2D eigenvalue weighted by atomic mass is 35.5. The molecule has 0 atom stereocenters. The predicted octanol–water partition coefficient (Wildman–Crippen LogP) is 3.75. The fourth-order valence-corrected chi connectivity index (χ4v) is 3.09. The summed E-state index contributed by atoms with van der Waals surface area (Å²) in [6.07, 6.45) is 0. The predicted molar refractivity (Wildman–Crippen MR) is 105 cm³/mol. The molecule has 0 aliphatic carbocycles. The topological polar surface area (TPSA) is 71.7 Å². The van der Waals surface area contributed by atoms with E-state index in [-0.39, 0.29) is 36.8 Å². The molecule has 140 valence electrons. The zero-order valence-corrected chi connectivity index (χ0v) is 15.6. The first-order chi connectivity index (χ1) is 13.0. The summed E-state index contributed by atoms with van der Waals surface area (Å²) in [6.45, 7) is 1.75. The minimum absolute atomic E-state index is 0.118. The van der Waals surface area contributed by atoms with Gasteiger partial charge in [0.15, 0.2) is 0 Å². The third-order valence-electron chi connectivity index (χ3n) is 4.30. The van der Waals surface area contributed by atoms with Crippen molar-refractivity contribution in [2.45, 2.75) is 20.1 Å². The molecule has 27 heavy (non-hydrogen) atoms. The minimum Gasteiger partial charge on any atom is -0.492 e. The standard InChI is InChI=1S/C21H20ClNO4/c1-14-18(16-7-9-17(22)10-8-16)23(11-12-24)21(26)20(19(14)25)27-13-15-5-3-2-4-6-15/h2-10,24,26H,11-13H2,1H3. The van der Waals surface area contributed by atoms with E-state index in [9.17, 15) is 15.0 Å². The fourth-order valence-electron chi connectivity index (χ4n) is 2.97. The quantitative estimate of drug-likeness (QED) is 0.677. The van der Waals surface area contributed by atoms with E-state index in [1.54, 1.807) is 31.2 Å². The lowest BCUT2D eigenvalue weighted by Gasteiger charge is -2.20. The summed E-state index contributed by atoms with van der Waals surface area (Å²) in [5, 5.41) is 20.7. The van der Waals surface area contributed by atoms with E-state index in [4.69, 9.17) is 16.3 Å². The number of aromatic hydroxyl groups is 1. The Morgan fingerprint density at radius 1 is 1.07 bits per heavy atom. The average Bonchev–Trinajstić information content (AvgIpc) is 2.68. The SMILES string of the molecule is Cc1c(-c2ccc(Cl)cc2)n(CCO)c(O)c(OCc2ccccc2)c1=O. The Balaban J connectivity index is 2.08. The summed E-state index contributed by atoms with van der Waals surface area (Å²) < 4.78 is 7.13. The third-order valence-corrected chi connectivity index (χ3v) is 4.55. The van der Waals surface area contributed by atoms with Crippen LogP contribution in [0.25, 0.3) is 11.3 Å². The molecule has 3 aromatic rings. The second-order valence-electron chi connectivity index (χ2n) is 6.11. The monoisotopic (exact) mass is 385 g/mol. The molecule has 0 radical (unpaired) electrons. The van der Waals surface area contributed by atoms with Gasteiger partial charge in [-0.15, -0.1) is 0 Å². The van der Waals surface area contributed by atoms with Crippen molar-refractivity contribution < 1.29 is 14.9 Å². The molecule has 0 spiro atoms. The lowest BCUT2D eigenvalue weighted by Crippen LogP contribution is -2.19. The number of benzene rings is 2.